The Balaban J connectivity index is 1.26. The van der Waals surface area contributed by atoms with Crippen molar-refractivity contribution < 1.29 is 23.1 Å². The third-order valence-corrected chi connectivity index (χ3v) is 11.6. The number of carbonyl (C=O) groups is 2. The van der Waals surface area contributed by atoms with Crippen molar-refractivity contribution in [3.8, 4) is 0 Å². The summed E-state index contributed by atoms with van der Waals surface area (Å²) >= 11 is 7.49. The van der Waals surface area contributed by atoms with Crippen LogP contribution in [0.5, 0.6) is 0 Å². The van der Waals surface area contributed by atoms with Crippen molar-refractivity contribution in [2.75, 3.05) is 32.7 Å². The zero-order valence-corrected chi connectivity index (χ0v) is 25.2. The second-order valence-corrected chi connectivity index (χ2v) is 14.6. The molecular formula is C27H33ClN6O5S2. The standard InChI is InChI=1S/C27H33ClN6O5S2/c1-15-16(2)29-12-22-25(15)31-26(40-22)27(37)34-8-7-33(13-19(34)5-6-32-14-20(35)11-24(32)36)41(38,39)23-10-17-9-18(28)3-4-21(17)30-23/h3-4,9-10,15-16,19-20,29-30,35H,5-8,11-14H2,1-2H3. The highest BCUT2D eigenvalue weighted by molar-refractivity contribution is 7.89. The number of benzene rings is 1. The van der Waals surface area contributed by atoms with E-state index >= 15 is 0 Å². The molecule has 0 radical (unpaired) electrons. The van der Waals surface area contributed by atoms with E-state index in [1.807, 2.05) is 0 Å². The number of nitrogens with zero attached hydrogens (tertiary/aromatic N) is 4. The zero-order chi connectivity index (χ0) is 29.1. The number of sulfonamides is 1. The van der Waals surface area contributed by atoms with Crippen molar-refractivity contribution >= 4 is 55.7 Å². The molecule has 11 nitrogen and oxygen atoms in total. The van der Waals surface area contributed by atoms with Crippen molar-refractivity contribution in [1.82, 2.24) is 29.4 Å². The van der Waals surface area contributed by atoms with E-state index in [1.165, 1.54) is 15.6 Å². The summed E-state index contributed by atoms with van der Waals surface area (Å²) in [6.07, 6.45) is -0.259. The highest BCUT2D eigenvalue weighted by Gasteiger charge is 2.39. The van der Waals surface area contributed by atoms with E-state index in [1.54, 1.807) is 34.1 Å². The van der Waals surface area contributed by atoms with Gasteiger partial charge < -0.3 is 25.2 Å². The summed E-state index contributed by atoms with van der Waals surface area (Å²) in [5, 5.41) is 15.0. The van der Waals surface area contributed by atoms with E-state index in [-0.39, 0.29) is 61.4 Å². The van der Waals surface area contributed by atoms with Crippen LogP contribution < -0.4 is 5.32 Å². The highest BCUT2D eigenvalue weighted by atomic mass is 35.5. The monoisotopic (exact) mass is 620 g/mol. The summed E-state index contributed by atoms with van der Waals surface area (Å²) in [4.78, 5) is 38.3. The summed E-state index contributed by atoms with van der Waals surface area (Å²) in [7, 11) is -3.90. The predicted octanol–water partition coefficient (Wildman–Crippen LogP) is 2.37. The molecule has 0 aliphatic carbocycles. The first-order valence-corrected chi connectivity index (χ1v) is 16.4. The van der Waals surface area contributed by atoms with Crippen LogP contribution in [0.15, 0.2) is 29.3 Å². The number of halogens is 1. The lowest BCUT2D eigenvalue weighted by atomic mass is 9.95. The molecule has 2 fully saturated rings. The normalized spacial score (nSPS) is 25.7. The molecule has 0 saturated carbocycles. The van der Waals surface area contributed by atoms with Crippen molar-refractivity contribution in [2.45, 2.75) is 62.4 Å². The molecule has 4 unspecified atom stereocenters. The minimum Gasteiger partial charge on any atom is -0.391 e. The number of amides is 2. The fraction of sp³-hybridized carbons (Fsp3) is 0.519. The third-order valence-electron chi connectivity index (χ3n) is 8.48. The van der Waals surface area contributed by atoms with Crippen molar-refractivity contribution in [2.24, 2.45) is 0 Å². The van der Waals surface area contributed by atoms with Crippen molar-refractivity contribution in [3.05, 3.63) is 44.9 Å². The van der Waals surface area contributed by atoms with Crippen LogP contribution in [0.3, 0.4) is 0 Å². The number of thiazole rings is 1. The molecule has 2 saturated heterocycles. The van der Waals surface area contributed by atoms with Crippen LogP contribution in [0.25, 0.3) is 10.9 Å². The van der Waals surface area contributed by atoms with E-state index < -0.39 is 22.2 Å². The molecule has 1 aromatic carbocycles. The topological polar surface area (TPSA) is 139 Å². The Morgan fingerprint density at radius 3 is 2.78 bits per heavy atom. The predicted molar refractivity (Wildman–Crippen MR) is 156 cm³/mol. The van der Waals surface area contributed by atoms with E-state index in [0.29, 0.717) is 40.4 Å². The van der Waals surface area contributed by atoms with Gasteiger partial charge in [0.05, 0.1) is 18.2 Å². The van der Waals surface area contributed by atoms with Gasteiger partial charge in [-0.05, 0) is 37.6 Å². The lowest BCUT2D eigenvalue weighted by Gasteiger charge is -2.40. The molecule has 4 atom stereocenters. The number of hydrogen-bond acceptors (Lipinski definition) is 8. The van der Waals surface area contributed by atoms with Gasteiger partial charge in [0.1, 0.15) is 5.03 Å². The summed E-state index contributed by atoms with van der Waals surface area (Å²) in [6, 6.07) is 6.49. The first-order chi connectivity index (χ1) is 19.5. The fourth-order valence-electron chi connectivity index (χ4n) is 5.91. The quantitative estimate of drug-likeness (QED) is 0.385. The molecule has 6 rings (SSSR count). The number of hydrogen-bond donors (Lipinski definition) is 3. The van der Waals surface area contributed by atoms with Crippen molar-refractivity contribution in [3.63, 3.8) is 0 Å². The first kappa shape index (κ1) is 28.6. The van der Waals surface area contributed by atoms with E-state index in [4.69, 9.17) is 16.6 Å². The Kier molecular flexibility index (Phi) is 7.62. The van der Waals surface area contributed by atoms with Gasteiger partial charge in [-0.15, -0.1) is 11.3 Å². The maximum atomic E-state index is 13.9. The van der Waals surface area contributed by atoms with Crippen LogP contribution in [0.2, 0.25) is 5.02 Å². The maximum absolute atomic E-state index is 13.9. The number of aromatic amines is 1. The Bertz CT molecular complexity index is 1610. The largest absolute Gasteiger partial charge is 0.391 e. The first-order valence-electron chi connectivity index (χ1n) is 13.8. The van der Waals surface area contributed by atoms with Gasteiger partial charge >= 0.3 is 0 Å². The molecule has 5 heterocycles. The Morgan fingerprint density at radius 1 is 1.22 bits per heavy atom. The number of piperazine rings is 1. The molecule has 0 spiro atoms. The van der Waals surface area contributed by atoms with Gasteiger partial charge in [-0.2, -0.15) is 4.31 Å². The van der Waals surface area contributed by atoms with Gasteiger partial charge in [0.15, 0.2) is 5.01 Å². The number of fused-ring (bicyclic) bond motifs is 2. The molecular weight excluding hydrogens is 588 g/mol. The van der Waals surface area contributed by atoms with E-state index in [9.17, 15) is 23.1 Å². The number of nitrogens with one attached hydrogen (secondary N) is 2. The van der Waals surface area contributed by atoms with Crippen LogP contribution in [-0.4, -0.2) is 100 Å². The van der Waals surface area contributed by atoms with Crippen LogP contribution >= 0.6 is 22.9 Å². The number of H-pyrrole nitrogens is 1. The Morgan fingerprint density at radius 2 is 2.02 bits per heavy atom. The minimum absolute atomic E-state index is 0.0642. The highest BCUT2D eigenvalue weighted by Crippen LogP contribution is 2.33. The van der Waals surface area contributed by atoms with Gasteiger partial charge in [-0.1, -0.05) is 18.5 Å². The Labute approximate surface area is 247 Å². The smallest absolute Gasteiger partial charge is 0.283 e. The molecule has 3 aliphatic rings. The summed E-state index contributed by atoms with van der Waals surface area (Å²) in [5.41, 5.74) is 1.60. The van der Waals surface area contributed by atoms with Gasteiger partial charge in [-0.25, -0.2) is 13.4 Å². The third kappa shape index (κ3) is 5.39. The lowest BCUT2D eigenvalue weighted by Crippen LogP contribution is -2.57. The molecule has 2 aromatic heterocycles. The number of aliphatic hydroxyl groups is 1. The SMILES string of the molecule is CC1NCc2sc(C(=O)N3CCN(S(=O)(=O)c4cc5cc(Cl)ccc5[nH]4)CC3CCN3CC(O)CC3=O)nc2C1C. The van der Waals surface area contributed by atoms with E-state index in [2.05, 4.69) is 24.1 Å². The fourth-order valence-corrected chi connectivity index (χ4v) is 8.65. The van der Waals surface area contributed by atoms with Crippen LogP contribution in [0.1, 0.15) is 53.0 Å². The molecule has 41 heavy (non-hydrogen) atoms. The maximum Gasteiger partial charge on any atom is 0.283 e. The second-order valence-electron chi connectivity index (χ2n) is 11.2. The number of rotatable bonds is 6. The second kappa shape index (κ2) is 10.9. The van der Waals surface area contributed by atoms with Gasteiger partial charge in [0.25, 0.3) is 15.9 Å². The summed E-state index contributed by atoms with van der Waals surface area (Å²) in [5.74, 6) is -0.192. The average molecular weight is 621 g/mol. The molecule has 3 N–H and O–H groups in total. The molecule has 14 heteroatoms. The molecule has 3 aliphatic heterocycles. The van der Waals surface area contributed by atoms with Crippen molar-refractivity contribution in [1.29, 1.82) is 0 Å². The molecule has 220 valence electrons. The van der Waals surface area contributed by atoms with Crippen LogP contribution in [-0.2, 0) is 21.4 Å². The minimum atomic E-state index is -3.90. The molecule has 3 aromatic rings. The zero-order valence-electron chi connectivity index (χ0n) is 22.8. The van der Waals surface area contributed by atoms with Gasteiger partial charge in [0.2, 0.25) is 5.91 Å². The van der Waals surface area contributed by atoms with Crippen LogP contribution in [0, 0.1) is 0 Å². The number of aromatic nitrogens is 2. The summed E-state index contributed by atoms with van der Waals surface area (Å²) < 4.78 is 28.9. The number of β-amino-alcohol motifs (C(OH)–C–C–N with tert-alkyl or cyclic N) is 1. The van der Waals surface area contributed by atoms with Gasteiger partial charge in [0, 0.05) is 78.1 Å². The van der Waals surface area contributed by atoms with E-state index in [0.717, 1.165) is 10.6 Å². The average Bonchev–Trinajstić information content (AvgIpc) is 3.65. The van der Waals surface area contributed by atoms with Crippen LogP contribution in [0.4, 0.5) is 0 Å². The summed E-state index contributed by atoms with van der Waals surface area (Å²) in [6.45, 7) is 5.81. The lowest BCUT2D eigenvalue weighted by molar-refractivity contribution is -0.127. The Hall–Kier alpha value is -2.55. The molecule has 2 amide bonds. The van der Waals surface area contributed by atoms with Gasteiger partial charge in [-0.3, -0.25) is 9.59 Å². The number of carbonyl (C=O) groups excluding carboxylic acids is 2. The molecule has 0 bridgehead atoms. The number of aliphatic hydroxyl groups excluding tert-OH is 1. The number of likely N-dealkylation sites (tertiary alicyclic amines) is 1.